The van der Waals surface area contributed by atoms with Gasteiger partial charge < -0.3 is 9.15 Å². The second-order valence-electron chi connectivity index (χ2n) is 6.50. The third-order valence-electron chi connectivity index (χ3n) is 5.02. The fourth-order valence-corrected chi connectivity index (χ4v) is 3.70. The molecule has 0 saturated carbocycles. The molecule has 0 bridgehead atoms. The lowest BCUT2D eigenvalue weighted by molar-refractivity contribution is 0.218. The zero-order valence-electron chi connectivity index (χ0n) is 15.4. The van der Waals surface area contributed by atoms with Gasteiger partial charge >= 0.3 is 0 Å². The molecule has 0 spiro atoms. The van der Waals surface area contributed by atoms with Crippen LogP contribution >= 0.6 is 12.4 Å². The molecule has 138 valence electrons. The molecule has 5 heteroatoms. The van der Waals surface area contributed by atoms with Gasteiger partial charge in [-0.15, -0.1) is 12.4 Å². The Morgan fingerprint density at radius 3 is 2.40 bits per heavy atom. The second kappa shape index (κ2) is 8.72. The van der Waals surface area contributed by atoms with E-state index in [-0.39, 0.29) is 17.8 Å². The van der Waals surface area contributed by atoms with Gasteiger partial charge in [0.05, 0.1) is 18.1 Å². The summed E-state index contributed by atoms with van der Waals surface area (Å²) in [6.07, 6.45) is 5.20. The van der Waals surface area contributed by atoms with Crippen LogP contribution in [0, 0.1) is 0 Å². The zero-order valence-corrected chi connectivity index (χ0v) is 16.2. The smallest absolute Gasteiger partial charge is 0.196 e. The standard InChI is InChI=1S/C20H27NO3.ClH/c1-4-14-17(5-2)24-20-15(19(14)22)9-10-18(23-3)16(20)13-21-11-7-6-8-12-21;/h9-10H,4-8,11-13H2,1-3H3;1H. The Labute approximate surface area is 155 Å². The van der Waals surface area contributed by atoms with E-state index < -0.39 is 0 Å². The maximum Gasteiger partial charge on any atom is 0.196 e. The molecule has 0 radical (unpaired) electrons. The van der Waals surface area contributed by atoms with Crippen LogP contribution in [0.5, 0.6) is 5.75 Å². The Hall–Kier alpha value is -1.52. The minimum absolute atomic E-state index is 0. The highest BCUT2D eigenvalue weighted by molar-refractivity contribution is 5.85. The monoisotopic (exact) mass is 365 g/mol. The lowest BCUT2D eigenvalue weighted by Gasteiger charge is -2.27. The zero-order chi connectivity index (χ0) is 17.1. The summed E-state index contributed by atoms with van der Waals surface area (Å²) >= 11 is 0. The number of likely N-dealkylation sites (tertiary alicyclic amines) is 1. The summed E-state index contributed by atoms with van der Waals surface area (Å²) in [5.41, 5.74) is 2.63. The Kier molecular flexibility index (Phi) is 6.91. The SMILES string of the molecule is CCc1oc2c(CN3CCCCC3)c(OC)ccc2c(=O)c1CC.Cl. The lowest BCUT2D eigenvalue weighted by Crippen LogP contribution is -2.29. The van der Waals surface area contributed by atoms with E-state index in [1.807, 2.05) is 26.0 Å². The number of methoxy groups -OCH3 is 1. The van der Waals surface area contributed by atoms with Crippen LogP contribution in [0.3, 0.4) is 0 Å². The lowest BCUT2D eigenvalue weighted by atomic mass is 10.0. The second-order valence-corrected chi connectivity index (χ2v) is 6.50. The highest BCUT2D eigenvalue weighted by atomic mass is 35.5. The van der Waals surface area contributed by atoms with Crippen molar-refractivity contribution in [3.8, 4) is 5.75 Å². The molecule has 0 unspecified atom stereocenters. The van der Waals surface area contributed by atoms with Crippen molar-refractivity contribution in [1.82, 2.24) is 4.90 Å². The van der Waals surface area contributed by atoms with E-state index in [0.717, 1.165) is 48.7 Å². The third-order valence-corrected chi connectivity index (χ3v) is 5.02. The van der Waals surface area contributed by atoms with Gasteiger partial charge in [0.15, 0.2) is 5.43 Å². The van der Waals surface area contributed by atoms with Gasteiger partial charge in [-0.1, -0.05) is 20.3 Å². The van der Waals surface area contributed by atoms with Gasteiger partial charge in [0.2, 0.25) is 0 Å². The average Bonchev–Trinajstić information content (AvgIpc) is 2.62. The summed E-state index contributed by atoms with van der Waals surface area (Å²) < 4.78 is 11.8. The molecule has 0 aliphatic carbocycles. The number of ether oxygens (including phenoxy) is 1. The Bertz CT molecular complexity index is 779. The van der Waals surface area contributed by atoms with Gasteiger partial charge in [-0.05, 0) is 44.5 Å². The first-order chi connectivity index (χ1) is 11.7. The highest BCUT2D eigenvalue weighted by Crippen LogP contribution is 2.30. The van der Waals surface area contributed by atoms with E-state index in [9.17, 15) is 4.79 Å². The molecular formula is C20H28ClNO3. The van der Waals surface area contributed by atoms with Crippen LogP contribution in [-0.2, 0) is 19.4 Å². The summed E-state index contributed by atoms with van der Waals surface area (Å²) in [6, 6.07) is 3.75. The van der Waals surface area contributed by atoms with E-state index >= 15 is 0 Å². The summed E-state index contributed by atoms with van der Waals surface area (Å²) in [5, 5.41) is 0.678. The van der Waals surface area contributed by atoms with Crippen molar-refractivity contribution < 1.29 is 9.15 Å². The van der Waals surface area contributed by atoms with Crippen LogP contribution < -0.4 is 10.2 Å². The van der Waals surface area contributed by atoms with E-state index in [1.54, 1.807) is 7.11 Å². The van der Waals surface area contributed by atoms with Crippen molar-refractivity contribution in [1.29, 1.82) is 0 Å². The largest absolute Gasteiger partial charge is 0.496 e. The maximum absolute atomic E-state index is 12.9. The molecule has 1 aromatic heterocycles. The van der Waals surface area contributed by atoms with E-state index in [4.69, 9.17) is 9.15 Å². The Morgan fingerprint density at radius 1 is 1.08 bits per heavy atom. The van der Waals surface area contributed by atoms with E-state index in [0.29, 0.717) is 17.4 Å². The van der Waals surface area contributed by atoms with Crippen molar-refractivity contribution in [3.63, 3.8) is 0 Å². The van der Waals surface area contributed by atoms with Crippen LogP contribution in [0.25, 0.3) is 11.0 Å². The van der Waals surface area contributed by atoms with Gasteiger partial charge in [-0.25, -0.2) is 0 Å². The summed E-state index contributed by atoms with van der Waals surface area (Å²) in [7, 11) is 1.68. The van der Waals surface area contributed by atoms with Crippen LogP contribution in [0.2, 0.25) is 0 Å². The first kappa shape index (κ1) is 19.8. The van der Waals surface area contributed by atoms with Crippen LogP contribution in [-0.4, -0.2) is 25.1 Å². The molecule has 1 fully saturated rings. The number of halogens is 1. The minimum atomic E-state index is 0. The fraction of sp³-hybridized carbons (Fsp3) is 0.550. The molecular weight excluding hydrogens is 338 g/mol. The number of hydrogen-bond donors (Lipinski definition) is 0. The predicted molar refractivity (Wildman–Crippen MR) is 104 cm³/mol. The van der Waals surface area contributed by atoms with E-state index in [1.165, 1.54) is 19.3 Å². The van der Waals surface area contributed by atoms with Crippen LogP contribution in [0.4, 0.5) is 0 Å². The number of nitrogens with zero attached hydrogens (tertiary/aromatic N) is 1. The van der Waals surface area contributed by atoms with Crippen molar-refractivity contribution >= 4 is 23.4 Å². The highest BCUT2D eigenvalue weighted by Gasteiger charge is 2.20. The number of benzene rings is 1. The minimum Gasteiger partial charge on any atom is -0.496 e. The molecule has 1 aliphatic heterocycles. The topological polar surface area (TPSA) is 42.7 Å². The van der Waals surface area contributed by atoms with Crippen molar-refractivity contribution in [3.05, 3.63) is 39.2 Å². The normalized spacial score (nSPS) is 15.2. The first-order valence-corrected chi connectivity index (χ1v) is 9.06. The van der Waals surface area contributed by atoms with Gasteiger partial charge in [0.25, 0.3) is 0 Å². The Morgan fingerprint density at radius 2 is 1.80 bits per heavy atom. The number of aryl methyl sites for hydroxylation is 1. The molecule has 3 rings (SSSR count). The summed E-state index contributed by atoms with van der Waals surface area (Å²) in [6.45, 7) is 7.01. The van der Waals surface area contributed by atoms with Crippen molar-refractivity contribution in [2.75, 3.05) is 20.2 Å². The molecule has 1 aromatic carbocycles. The molecule has 1 saturated heterocycles. The number of rotatable bonds is 5. The molecule has 0 atom stereocenters. The molecule has 1 aliphatic rings. The molecule has 0 amide bonds. The Balaban J connectivity index is 0.00000225. The molecule has 4 nitrogen and oxygen atoms in total. The van der Waals surface area contributed by atoms with Crippen molar-refractivity contribution in [2.45, 2.75) is 52.5 Å². The maximum atomic E-state index is 12.9. The van der Waals surface area contributed by atoms with Gasteiger partial charge in [-0.3, -0.25) is 9.69 Å². The number of piperidine rings is 1. The third kappa shape index (κ3) is 3.85. The van der Waals surface area contributed by atoms with Crippen LogP contribution in [0.15, 0.2) is 21.3 Å². The quantitative estimate of drug-likeness (QED) is 0.790. The van der Waals surface area contributed by atoms with E-state index in [2.05, 4.69) is 4.90 Å². The molecule has 2 heterocycles. The first-order valence-electron chi connectivity index (χ1n) is 9.06. The molecule has 2 aromatic rings. The fourth-order valence-electron chi connectivity index (χ4n) is 3.70. The predicted octanol–water partition coefficient (Wildman–Crippen LogP) is 4.33. The van der Waals surface area contributed by atoms with Gasteiger partial charge in [0.1, 0.15) is 17.1 Å². The van der Waals surface area contributed by atoms with Gasteiger partial charge in [-0.2, -0.15) is 0 Å². The molecule has 25 heavy (non-hydrogen) atoms. The van der Waals surface area contributed by atoms with Gasteiger partial charge in [0, 0.05) is 18.5 Å². The van der Waals surface area contributed by atoms with Crippen LogP contribution in [0.1, 0.15) is 50.0 Å². The average molecular weight is 366 g/mol. The van der Waals surface area contributed by atoms with Crippen molar-refractivity contribution in [2.24, 2.45) is 0 Å². The summed E-state index contributed by atoms with van der Waals surface area (Å²) in [5.74, 6) is 1.62. The number of fused-ring (bicyclic) bond motifs is 1. The number of hydrogen-bond acceptors (Lipinski definition) is 4. The molecule has 0 N–H and O–H groups in total. The summed E-state index contributed by atoms with van der Waals surface area (Å²) in [4.78, 5) is 15.3.